The molecule has 0 aromatic heterocycles. The number of carbonyl (C=O) groups excluding carboxylic acids is 1. The zero-order chi connectivity index (χ0) is 30.1. The van der Waals surface area contributed by atoms with E-state index in [1.54, 1.807) is 12.1 Å². The molecule has 1 aliphatic rings. The molecule has 11 heteroatoms. The molecular weight excluding hydrogens is 547 g/mol. The maximum absolute atomic E-state index is 13.2. The van der Waals surface area contributed by atoms with Gasteiger partial charge in [0.2, 0.25) is 0 Å². The highest BCUT2D eigenvalue weighted by Crippen LogP contribution is 2.37. The molecule has 7 nitrogen and oxygen atoms in total. The lowest BCUT2D eigenvalue weighted by Crippen LogP contribution is -2.34. The maximum atomic E-state index is 13.2. The lowest BCUT2D eigenvalue weighted by Gasteiger charge is -2.34. The fourth-order valence-corrected chi connectivity index (χ4v) is 5.24. The van der Waals surface area contributed by atoms with Crippen molar-refractivity contribution in [2.75, 3.05) is 18.0 Å². The predicted octanol–water partition coefficient (Wildman–Crippen LogP) is 6.48. The molecule has 3 rings (SSSR count). The minimum Gasteiger partial charge on any atom is -0.462 e. The van der Waals surface area contributed by atoms with E-state index in [0.29, 0.717) is 36.7 Å². The third kappa shape index (κ3) is 10.1. The van der Waals surface area contributed by atoms with Crippen molar-refractivity contribution in [2.45, 2.75) is 90.0 Å². The Morgan fingerprint density at radius 2 is 1.65 bits per heavy atom. The molecule has 1 aliphatic carbocycles. The summed E-state index contributed by atoms with van der Waals surface area (Å²) in [5, 5.41) is 9.67. The van der Waals surface area contributed by atoms with E-state index < -0.39 is 28.5 Å². The van der Waals surface area contributed by atoms with E-state index in [0.717, 1.165) is 43.7 Å². The summed E-state index contributed by atoms with van der Waals surface area (Å²) in [5.41, 5.74) is 1.38. The number of hydrogen-bond donors (Lipinski definition) is 2. The highest BCUT2D eigenvalue weighted by molar-refractivity contribution is 7.85. The van der Waals surface area contributed by atoms with Crippen molar-refractivity contribution >= 4 is 21.8 Å². The van der Waals surface area contributed by atoms with Gasteiger partial charge < -0.3 is 14.7 Å². The van der Waals surface area contributed by atoms with Gasteiger partial charge in [-0.2, -0.15) is 21.6 Å². The fraction of sp³-hybridized carbons (Fsp3) is 0.552. The van der Waals surface area contributed by atoms with Crippen molar-refractivity contribution < 1.29 is 40.8 Å². The molecule has 0 unspecified atom stereocenters. The number of aryl methyl sites for hydroxylation is 2. The van der Waals surface area contributed by atoms with Gasteiger partial charge in [-0.1, -0.05) is 24.6 Å². The molecule has 2 aromatic carbocycles. The molecule has 0 atom stereocenters. The van der Waals surface area contributed by atoms with Crippen LogP contribution in [0.1, 0.15) is 74.6 Å². The van der Waals surface area contributed by atoms with Crippen molar-refractivity contribution in [1.82, 2.24) is 0 Å². The predicted molar refractivity (Wildman–Crippen MR) is 148 cm³/mol. The van der Waals surface area contributed by atoms with Crippen LogP contribution in [0.4, 0.5) is 18.9 Å². The number of carbonyl (C=O) groups is 1. The largest absolute Gasteiger partial charge is 0.462 e. The SMILES string of the molecule is CCCC(=O)OC1CCC(CN(CC)c2cc(C)c(C(F)(F)F)cc2CO)CC1.Cc1ccc(S(=O)(=O)O)cc1. The van der Waals surface area contributed by atoms with Gasteiger partial charge in [0, 0.05) is 30.8 Å². The Morgan fingerprint density at radius 1 is 1.05 bits per heavy atom. The first-order valence-corrected chi connectivity index (χ1v) is 14.9. The number of aliphatic hydroxyl groups is 1. The van der Waals surface area contributed by atoms with Gasteiger partial charge in [-0.15, -0.1) is 0 Å². The van der Waals surface area contributed by atoms with Crippen LogP contribution in [0.25, 0.3) is 0 Å². The number of nitrogens with zero attached hydrogens (tertiary/aromatic N) is 1. The van der Waals surface area contributed by atoms with Crippen LogP contribution in [-0.4, -0.2) is 43.2 Å². The van der Waals surface area contributed by atoms with E-state index in [9.17, 15) is 31.5 Å². The van der Waals surface area contributed by atoms with E-state index in [-0.39, 0.29) is 22.5 Å². The number of alkyl halides is 3. The molecule has 224 valence electrons. The molecule has 40 heavy (non-hydrogen) atoms. The van der Waals surface area contributed by atoms with Crippen LogP contribution < -0.4 is 4.90 Å². The number of anilines is 1. The number of hydrogen-bond acceptors (Lipinski definition) is 6. The number of aliphatic hydroxyl groups excluding tert-OH is 1. The Hall–Kier alpha value is -2.63. The van der Waals surface area contributed by atoms with Crippen LogP contribution in [0.3, 0.4) is 0 Å². The van der Waals surface area contributed by atoms with Crippen LogP contribution in [-0.2, 0) is 32.4 Å². The van der Waals surface area contributed by atoms with Gasteiger partial charge in [-0.05, 0) is 88.6 Å². The Kier molecular flexibility index (Phi) is 12.5. The molecule has 0 heterocycles. The van der Waals surface area contributed by atoms with Gasteiger partial charge in [0.1, 0.15) is 6.10 Å². The second kappa shape index (κ2) is 14.8. The van der Waals surface area contributed by atoms with Gasteiger partial charge in [-0.25, -0.2) is 0 Å². The lowest BCUT2D eigenvalue weighted by molar-refractivity contribution is -0.151. The van der Waals surface area contributed by atoms with Crippen LogP contribution >= 0.6 is 0 Å². The first-order valence-electron chi connectivity index (χ1n) is 13.5. The van der Waals surface area contributed by atoms with Crippen molar-refractivity contribution in [3.63, 3.8) is 0 Å². The molecule has 1 fully saturated rings. The van der Waals surface area contributed by atoms with E-state index >= 15 is 0 Å². The zero-order valence-electron chi connectivity index (χ0n) is 23.5. The minimum absolute atomic E-state index is 0.0262. The Labute approximate surface area is 235 Å². The number of esters is 1. The quantitative estimate of drug-likeness (QED) is 0.256. The number of benzene rings is 2. The topological polar surface area (TPSA) is 104 Å². The average Bonchev–Trinajstić information content (AvgIpc) is 2.87. The maximum Gasteiger partial charge on any atom is 0.416 e. The van der Waals surface area contributed by atoms with Gasteiger partial charge in [0.25, 0.3) is 10.1 Å². The van der Waals surface area contributed by atoms with Crippen molar-refractivity contribution in [2.24, 2.45) is 5.92 Å². The first-order chi connectivity index (χ1) is 18.7. The summed E-state index contributed by atoms with van der Waals surface area (Å²) in [5.74, 6) is 0.240. The Morgan fingerprint density at radius 3 is 2.12 bits per heavy atom. The second-order valence-corrected chi connectivity index (χ2v) is 11.6. The number of rotatable bonds is 9. The van der Waals surface area contributed by atoms with Crippen molar-refractivity contribution in [3.8, 4) is 0 Å². The lowest BCUT2D eigenvalue weighted by atomic mass is 9.86. The second-order valence-electron chi connectivity index (χ2n) is 10.2. The van der Waals surface area contributed by atoms with E-state index in [1.165, 1.54) is 25.1 Å². The number of halogens is 3. The van der Waals surface area contributed by atoms with Gasteiger partial charge in [0.15, 0.2) is 0 Å². The normalized spacial score (nSPS) is 17.5. The standard InChI is InChI=1S/C22H32F3NO3.C7H8O3S/c1-4-6-21(28)29-18-9-7-16(8-10-18)13-26(5-2)20-11-15(3)19(22(23,24)25)12-17(20)14-27;1-6-2-4-7(5-3-6)11(8,9)10/h11-12,16,18,27H,4-10,13-14H2,1-3H3;2-5H,1H3,(H,8,9,10). The number of ether oxygens (including phenoxy) is 1. The average molecular weight is 588 g/mol. The Balaban J connectivity index is 0.000000425. The zero-order valence-corrected chi connectivity index (χ0v) is 24.3. The molecular formula is C29H40F3NO6S. The smallest absolute Gasteiger partial charge is 0.416 e. The van der Waals surface area contributed by atoms with E-state index in [2.05, 4.69) is 0 Å². The summed E-state index contributed by atoms with van der Waals surface area (Å²) in [7, 11) is -4.02. The fourth-order valence-electron chi connectivity index (χ4n) is 4.76. The third-order valence-corrected chi connectivity index (χ3v) is 7.84. The van der Waals surface area contributed by atoms with E-state index in [1.807, 2.05) is 25.7 Å². The van der Waals surface area contributed by atoms with Crippen LogP contribution in [0.5, 0.6) is 0 Å². The summed E-state index contributed by atoms with van der Waals surface area (Å²) >= 11 is 0. The first kappa shape index (κ1) is 33.6. The summed E-state index contributed by atoms with van der Waals surface area (Å²) < 4.78 is 74.6. The summed E-state index contributed by atoms with van der Waals surface area (Å²) in [6.07, 6.45) is 0.218. The molecule has 2 N–H and O–H groups in total. The molecule has 0 amide bonds. The minimum atomic E-state index is -4.43. The molecule has 2 aromatic rings. The Bertz CT molecular complexity index is 1210. The van der Waals surface area contributed by atoms with Crippen molar-refractivity contribution in [1.29, 1.82) is 0 Å². The summed E-state index contributed by atoms with van der Waals surface area (Å²) in [6, 6.07) is 8.59. The molecule has 1 saturated carbocycles. The van der Waals surface area contributed by atoms with Crippen LogP contribution in [0, 0.1) is 19.8 Å². The van der Waals surface area contributed by atoms with Crippen LogP contribution in [0.2, 0.25) is 0 Å². The van der Waals surface area contributed by atoms with Gasteiger partial charge in [-0.3, -0.25) is 9.35 Å². The van der Waals surface area contributed by atoms with Gasteiger partial charge >= 0.3 is 12.1 Å². The monoisotopic (exact) mass is 587 g/mol. The van der Waals surface area contributed by atoms with Gasteiger partial charge in [0.05, 0.1) is 17.1 Å². The molecule has 0 bridgehead atoms. The summed E-state index contributed by atoms with van der Waals surface area (Å²) in [4.78, 5) is 13.7. The van der Waals surface area contributed by atoms with Crippen LogP contribution in [0.15, 0.2) is 41.3 Å². The molecule has 0 spiro atoms. The third-order valence-electron chi connectivity index (χ3n) is 6.97. The molecule has 0 aliphatic heterocycles. The summed E-state index contributed by atoms with van der Waals surface area (Å²) in [6.45, 7) is 8.13. The van der Waals surface area contributed by atoms with E-state index in [4.69, 9.17) is 9.29 Å². The molecule has 0 radical (unpaired) electrons. The molecule has 0 saturated heterocycles. The highest BCUT2D eigenvalue weighted by Gasteiger charge is 2.34. The highest BCUT2D eigenvalue weighted by atomic mass is 32.2. The van der Waals surface area contributed by atoms with Crippen molar-refractivity contribution in [3.05, 3.63) is 58.7 Å².